The highest BCUT2D eigenvalue weighted by Gasteiger charge is 2.20. The lowest BCUT2D eigenvalue weighted by Gasteiger charge is -2.14. The zero-order valence-corrected chi connectivity index (χ0v) is 8.60. The molecule has 60 valence electrons. The van der Waals surface area contributed by atoms with Gasteiger partial charge in [0, 0.05) is 5.92 Å². The molecular weight excluding hydrogens is 192 g/mol. The molecule has 0 aromatic rings. The van der Waals surface area contributed by atoms with Crippen LogP contribution in [0.15, 0.2) is 0 Å². The van der Waals surface area contributed by atoms with E-state index in [1.54, 1.807) is 0 Å². The fourth-order valence-corrected chi connectivity index (χ4v) is 1.18. The van der Waals surface area contributed by atoms with Gasteiger partial charge in [-0.05, 0) is 5.92 Å². The van der Waals surface area contributed by atoms with Gasteiger partial charge in [0.15, 0.2) is 0 Å². The molecule has 0 aromatic carbocycles. The van der Waals surface area contributed by atoms with Crippen LogP contribution in [0, 0.1) is 11.8 Å². The molecule has 0 aromatic heterocycles. The van der Waals surface area contributed by atoms with Gasteiger partial charge < -0.3 is 0 Å². The van der Waals surface area contributed by atoms with E-state index < -0.39 is 0 Å². The number of ketones is 1. The Bertz CT molecular complexity index is 118. The first kappa shape index (κ1) is 10.2. The molecule has 0 rings (SSSR count). The maximum Gasteiger partial charge on any atom is 0.149 e. The number of hydrogen-bond donors (Lipinski definition) is 0. The van der Waals surface area contributed by atoms with E-state index in [-0.39, 0.29) is 10.7 Å². The van der Waals surface area contributed by atoms with Crippen molar-refractivity contribution >= 4 is 21.7 Å². The minimum atomic E-state index is 0.0347. The van der Waals surface area contributed by atoms with Gasteiger partial charge in [-0.3, -0.25) is 4.79 Å². The van der Waals surface area contributed by atoms with E-state index in [0.717, 1.165) is 0 Å². The van der Waals surface area contributed by atoms with Crippen LogP contribution in [-0.2, 0) is 4.79 Å². The first-order chi connectivity index (χ1) is 4.46. The normalized spacial score (nSPS) is 14.3. The second-order valence-corrected chi connectivity index (χ2v) is 4.19. The van der Waals surface area contributed by atoms with E-state index in [1.807, 2.05) is 27.7 Å². The summed E-state index contributed by atoms with van der Waals surface area (Å²) in [5, 5.41) is 0. The summed E-state index contributed by atoms with van der Waals surface area (Å²) in [7, 11) is 0. The van der Waals surface area contributed by atoms with E-state index in [1.165, 1.54) is 0 Å². The first-order valence-electron chi connectivity index (χ1n) is 3.64. The number of alkyl halides is 1. The van der Waals surface area contributed by atoms with Crippen LogP contribution in [0.1, 0.15) is 27.7 Å². The van der Waals surface area contributed by atoms with Crippen molar-refractivity contribution in [3.8, 4) is 0 Å². The molecule has 0 fully saturated rings. The molecule has 0 aliphatic rings. The summed E-state index contributed by atoms with van der Waals surface area (Å²) in [6, 6.07) is 0. The second-order valence-electron chi connectivity index (χ2n) is 3.20. The molecule has 1 nitrogen and oxygen atoms in total. The van der Waals surface area contributed by atoms with E-state index in [4.69, 9.17) is 0 Å². The summed E-state index contributed by atoms with van der Waals surface area (Å²) in [6.45, 7) is 7.94. The number of carbonyl (C=O) groups excluding carboxylic acids is 1. The first-order valence-corrected chi connectivity index (χ1v) is 4.56. The van der Waals surface area contributed by atoms with Crippen LogP contribution in [0.2, 0.25) is 0 Å². The number of Topliss-reactive ketones (excluding diaryl/α,β-unsaturated/α-hetero) is 1. The molecule has 0 spiro atoms. The molecule has 2 heteroatoms. The quantitative estimate of drug-likeness (QED) is 0.650. The Hall–Kier alpha value is 0.150. The molecule has 0 aliphatic carbocycles. The highest BCUT2D eigenvalue weighted by atomic mass is 79.9. The average Bonchev–Trinajstić information content (AvgIpc) is 1.84. The Morgan fingerprint density at radius 2 is 1.60 bits per heavy atom. The summed E-state index contributed by atoms with van der Waals surface area (Å²) in [5.41, 5.74) is 0. The summed E-state index contributed by atoms with van der Waals surface area (Å²) in [6.07, 6.45) is 0. The van der Waals surface area contributed by atoms with Crippen molar-refractivity contribution in [1.82, 2.24) is 0 Å². The van der Waals surface area contributed by atoms with Gasteiger partial charge in [-0.1, -0.05) is 43.6 Å². The minimum absolute atomic E-state index is 0.0347. The Morgan fingerprint density at radius 3 is 1.70 bits per heavy atom. The van der Waals surface area contributed by atoms with Crippen molar-refractivity contribution in [3.63, 3.8) is 0 Å². The topological polar surface area (TPSA) is 17.1 Å². The van der Waals surface area contributed by atoms with Gasteiger partial charge in [0.25, 0.3) is 0 Å². The zero-order chi connectivity index (χ0) is 8.31. The van der Waals surface area contributed by atoms with Gasteiger partial charge in [0.05, 0.1) is 4.83 Å². The average molecular weight is 207 g/mol. The van der Waals surface area contributed by atoms with Gasteiger partial charge in [-0.25, -0.2) is 0 Å². The molecule has 0 saturated heterocycles. The molecule has 0 radical (unpaired) electrons. The van der Waals surface area contributed by atoms with Crippen LogP contribution in [0.25, 0.3) is 0 Å². The van der Waals surface area contributed by atoms with Crippen LogP contribution >= 0.6 is 15.9 Å². The molecular formula is C8H15BrO. The summed E-state index contributed by atoms with van der Waals surface area (Å²) in [4.78, 5) is 11.3. The van der Waals surface area contributed by atoms with Crippen molar-refractivity contribution in [1.29, 1.82) is 0 Å². The molecule has 10 heavy (non-hydrogen) atoms. The second kappa shape index (κ2) is 4.12. The van der Waals surface area contributed by atoms with Gasteiger partial charge in [0.1, 0.15) is 5.78 Å². The van der Waals surface area contributed by atoms with Crippen LogP contribution in [0.3, 0.4) is 0 Å². The predicted molar refractivity (Wildman–Crippen MR) is 47.4 cm³/mol. The lowest BCUT2D eigenvalue weighted by molar-refractivity contribution is -0.121. The molecule has 0 N–H and O–H groups in total. The summed E-state index contributed by atoms with van der Waals surface area (Å²) in [5.74, 6) is 0.844. The van der Waals surface area contributed by atoms with Crippen LogP contribution in [0.4, 0.5) is 0 Å². The largest absolute Gasteiger partial charge is 0.298 e. The van der Waals surface area contributed by atoms with Gasteiger partial charge in [0.2, 0.25) is 0 Å². The van der Waals surface area contributed by atoms with E-state index in [0.29, 0.717) is 11.7 Å². The number of rotatable bonds is 3. The third-order valence-electron chi connectivity index (χ3n) is 1.43. The van der Waals surface area contributed by atoms with Gasteiger partial charge in [-0.15, -0.1) is 0 Å². The van der Waals surface area contributed by atoms with Crippen molar-refractivity contribution in [2.75, 3.05) is 0 Å². The van der Waals surface area contributed by atoms with Gasteiger partial charge >= 0.3 is 0 Å². The molecule has 1 atom stereocenters. The predicted octanol–water partition coefficient (Wildman–Crippen LogP) is 2.63. The smallest absolute Gasteiger partial charge is 0.149 e. The van der Waals surface area contributed by atoms with Crippen LogP contribution in [-0.4, -0.2) is 10.6 Å². The third-order valence-corrected chi connectivity index (χ3v) is 2.93. The minimum Gasteiger partial charge on any atom is -0.298 e. The maximum atomic E-state index is 11.2. The zero-order valence-electron chi connectivity index (χ0n) is 7.02. The Morgan fingerprint density at radius 1 is 1.20 bits per heavy atom. The fraction of sp³-hybridized carbons (Fsp3) is 0.875. The highest BCUT2D eigenvalue weighted by Crippen LogP contribution is 2.16. The third kappa shape index (κ3) is 2.82. The van der Waals surface area contributed by atoms with Gasteiger partial charge in [-0.2, -0.15) is 0 Å². The SMILES string of the molecule is CC(C)C(=O)C(Br)C(C)C. The Kier molecular flexibility index (Phi) is 4.18. The monoisotopic (exact) mass is 206 g/mol. The van der Waals surface area contributed by atoms with Crippen molar-refractivity contribution < 1.29 is 4.79 Å². The lowest BCUT2D eigenvalue weighted by atomic mass is 9.99. The van der Waals surface area contributed by atoms with E-state index in [2.05, 4.69) is 15.9 Å². The molecule has 0 bridgehead atoms. The number of carbonyl (C=O) groups is 1. The van der Waals surface area contributed by atoms with Crippen LogP contribution in [0.5, 0.6) is 0 Å². The number of hydrogen-bond acceptors (Lipinski definition) is 1. The molecule has 0 aliphatic heterocycles. The lowest BCUT2D eigenvalue weighted by Crippen LogP contribution is -2.24. The van der Waals surface area contributed by atoms with E-state index in [9.17, 15) is 4.79 Å². The van der Waals surface area contributed by atoms with Crippen molar-refractivity contribution in [2.24, 2.45) is 11.8 Å². The fourth-order valence-electron chi connectivity index (χ4n) is 0.647. The molecule has 0 amide bonds. The highest BCUT2D eigenvalue weighted by molar-refractivity contribution is 9.10. The Balaban J connectivity index is 3.95. The van der Waals surface area contributed by atoms with Crippen LogP contribution < -0.4 is 0 Å². The van der Waals surface area contributed by atoms with E-state index >= 15 is 0 Å². The van der Waals surface area contributed by atoms with Crippen molar-refractivity contribution in [3.05, 3.63) is 0 Å². The Labute approximate surface area is 71.3 Å². The maximum absolute atomic E-state index is 11.2. The standard InChI is InChI=1S/C8H15BrO/c1-5(2)7(9)8(10)6(3)4/h5-7H,1-4H3. The molecule has 1 unspecified atom stereocenters. The molecule has 0 saturated carbocycles. The molecule has 0 heterocycles. The summed E-state index contributed by atoms with van der Waals surface area (Å²) >= 11 is 3.36. The summed E-state index contributed by atoms with van der Waals surface area (Å²) < 4.78 is 0. The number of halogens is 1. The van der Waals surface area contributed by atoms with Crippen molar-refractivity contribution in [2.45, 2.75) is 32.5 Å².